The zero-order valence-corrected chi connectivity index (χ0v) is 13.1. The van der Waals surface area contributed by atoms with E-state index in [2.05, 4.69) is 10.3 Å². The van der Waals surface area contributed by atoms with Crippen LogP contribution in [-0.2, 0) is 16.3 Å². The van der Waals surface area contributed by atoms with E-state index in [-0.39, 0.29) is 5.75 Å². The molecule has 0 saturated heterocycles. The summed E-state index contributed by atoms with van der Waals surface area (Å²) >= 11 is 0. The topological polar surface area (TPSA) is 85.1 Å². The molecule has 2 aromatic rings. The smallest absolute Gasteiger partial charge is 0.179 e. The lowest BCUT2D eigenvalue weighted by Crippen LogP contribution is -2.16. The van der Waals surface area contributed by atoms with Crippen LogP contribution in [0.3, 0.4) is 0 Å². The Morgan fingerprint density at radius 3 is 2.77 bits per heavy atom. The first kappa shape index (κ1) is 13.8. The van der Waals surface area contributed by atoms with Crippen LogP contribution in [0.15, 0.2) is 23.2 Å². The van der Waals surface area contributed by atoms with Gasteiger partial charge in [-0.2, -0.15) is 0 Å². The quantitative estimate of drug-likeness (QED) is 0.889. The van der Waals surface area contributed by atoms with Gasteiger partial charge in [0.1, 0.15) is 0 Å². The second kappa shape index (κ2) is 4.84. The highest BCUT2D eigenvalue weighted by molar-refractivity contribution is 7.91. The highest BCUT2D eigenvalue weighted by Gasteiger charge is 2.29. The van der Waals surface area contributed by atoms with E-state index in [1.807, 2.05) is 0 Å². The Kier molecular flexibility index (Phi) is 3.04. The normalized spacial score (nSPS) is 20.4. The average molecular weight is 317 g/mol. The minimum atomic E-state index is -3.15. The van der Waals surface area contributed by atoms with E-state index in [1.54, 1.807) is 18.3 Å². The molecule has 2 aliphatic rings. The van der Waals surface area contributed by atoms with E-state index in [1.165, 1.54) is 12.8 Å². The number of hydrogen-bond donors (Lipinski definition) is 2. The molecule has 1 aromatic carbocycles. The van der Waals surface area contributed by atoms with Crippen LogP contribution < -0.4 is 11.1 Å². The molecule has 4 rings (SSSR count). The standard InChI is InChI=1S/C16H19N3O2S/c17-12-9-18-13-5-6-14-11(7-8-22(14,20)21)15(13)16(12)19-10-3-1-2-4-10/h5-6,9-10H,1-4,7-8,17H2,(H,18,19). The van der Waals surface area contributed by atoms with Crippen LogP contribution in [0, 0.1) is 0 Å². The van der Waals surface area contributed by atoms with E-state index in [9.17, 15) is 8.42 Å². The zero-order chi connectivity index (χ0) is 15.3. The third-order valence-corrected chi connectivity index (χ3v) is 6.58. The van der Waals surface area contributed by atoms with Crippen LogP contribution in [0.25, 0.3) is 10.9 Å². The summed E-state index contributed by atoms with van der Waals surface area (Å²) in [6, 6.07) is 3.89. The summed E-state index contributed by atoms with van der Waals surface area (Å²) in [4.78, 5) is 4.83. The Hall–Kier alpha value is -1.82. The molecule has 0 amide bonds. The summed E-state index contributed by atoms with van der Waals surface area (Å²) in [5, 5.41) is 4.44. The van der Waals surface area contributed by atoms with Gasteiger partial charge < -0.3 is 11.1 Å². The molecule has 1 aliphatic heterocycles. The van der Waals surface area contributed by atoms with Gasteiger partial charge in [0.2, 0.25) is 0 Å². The van der Waals surface area contributed by atoms with E-state index in [0.717, 1.165) is 35.0 Å². The van der Waals surface area contributed by atoms with Crippen molar-refractivity contribution in [3.63, 3.8) is 0 Å². The maximum atomic E-state index is 12.2. The van der Waals surface area contributed by atoms with Gasteiger partial charge in [0.25, 0.3) is 0 Å². The Balaban J connectivity index is 1.94. The van der Waals surface area contributed by atoms with Gasteiger partial charge in [-0.3, -0.25) is 4.98 Å². The first-order valence-electron chi connectivity index (χ1n) is 7.75. The number of nitrogens with one attached hydrogen (secondary N) is 1. The zero-order valence-electron chi connectivity index (χ0n) is 12.3. The third kappa shape index (κ3) is 2.05. The largest absolute Gasteiger partial charge is 0.396 e. The molecule has 0 atom stereocenters. The van der Waals surface area contributed by atoms with Crippen molar-refractivity contribution in [1.29, 1.82) is 0 Å². The Bertz CT molecular complexity index is 855. The van der Waals surface area contributed by atoms with Gasteiger partial charge in [0.05, 0.1) is 33.7 Å². The summed E-state index contributed by atoms with van der Waals surface area (Å²) in [7, 11) is -3.15. The van der Waals surface area contributed by atoms with Crippen LogP contribution in [0.1, 0.15) is 31.2 Å². The third-order valence-electron chi connectivity index (χ3n) is 4.79. The number of nitrogens with two attached hydrogens (primary N) is 1. The molecule has 22 heavy (non-hydrogen) atoms. The number of rotatable bonds is 2. The SMILES string of the molecule is Nc1cnc2ccc3c(c2c1NC1CCCC1)CCS3(=O)=O. The maximum Gasteiger partial charge on any atom is 0.179 e. The first-order valence-corrected chi connectivity index (χ1v) is 9.41. The molecular formula is C16H19N3O2S. The number of nitrogen functional groups attached to an aromatic ring is 1. The Morgan fingerprint density at radius 2 is 2.00 bits per heavy atom. The molecule has 1 fully saturated rings. The van der Waals surface area contributed by atoms with Crippen LogP contribution >= 0.6 is 0 Å². The van der Waals surface area contributed by atoms with Crippen LogP contribution in [-0.4, -0.2) is 25.2 Å². The van der Waals surface area contributed by atoms with Crippen molar-refractivity contribution in [2.45, 2.75) is 43.0 Å². The van der Waals surface area contributed by atoms with Crippen LogP contribution in [0.5, 0.6) is 0 Å². The maximum absolute atomic E-state index is 12.2. The molecular weight excluding hydrogens is 298 g/mol. The number of pyridine rings is 1. The fraction of sp³-hybridized carbons (Fsp3) is 0.438. The molecule has 0 radical (unpaired) electrons. The van der Waals surface area contributed by atoms with Gasteiger partial charge >= 0.3 is 0 Å². The van der Waals surface area contributed by atoms with E-state index in [0.29, 0.717) is 23.0 Å². The molecule has 1 saturated carbocycles. The van der Waals surface area contributed by atoms with Crippen molar-refractivity contribution < 1.29 is 8.42 Å². The Morgan fingerprint density at radius 1 is 1.23 bits per heavy atom. The number of sulfone groups is 1. The lowest BCUT2D eigenvalue weighted by molar-refractivity contribution is 0.600. The second-order valence-corrected chi connectivity index (χ2v) is 8.30. The number of nitrogens with zero attached hydrogens (tertiary/aromatic N) is 1. The fourth-order valence-electron chi connectivity index (χ4n) is 3.67. The van der Waals surface area contributed by atoms with E-state index >= 15 is 0 Å². The van der Waals surface area contributed by atoms with E-state index in [4.69, 9.17) is 5.73 Å². The number of aromatic nitrogens is 1. The predicted octanol–water partition coefficient (Wildman–Crippen LogP) is 2.50. The molecule has 116 valence electrons. The number of aryl methyl sites for hydroxylation is 1. The molecule has 1 aliphatic carbocycles. The number of anilines is 2. The summed E-state index contributed by atoms with van der Waals surface area (Å²) < 4.78 is 24.3. The minimum Gasteiger partial charge on any atom is -0.396 e. The highest BCUT2D eigenvalue weighted by Crippen LogP contribution is 2.39. The molecule has 3 N–H and O–H groups in total. The van der Waals surface area contributed by atoms with Gasteiger partial charge in [-0.05, 0) is 37.0 Å². The summed E-state index contributed by atoms with van der Waals surface area (Å²) in [5.41, 5.74) is 9.30. The van der Waals surface area contributed by atoms with Crippen LogP contribution in [0.2, 0.25) is 0 Å². The van der Waals surface area contributed by atoms with Crippen molar-refractivity contribution in [2.75, 3.05) is 16.8 Å². The number of benzene rings is 1. The summed E-state index contributed by atoms with van der Waals surface area (Å²) in [6.07, 6.45) is 6.93. The average Bonchev–Trinajstić information content (AvgIpc) is 3.10. The predicted molar refractivity (Wildman–Crippen MR) is 87.8 cm³/mol. The minimum absolute atomic E-state index is 0.180. The number of hydrogen-bond acceptors (Lipinski definition) is 5. The van der Waals surface area contributed by atoms with Gasteiger partial charge in [0, 0.05) is 11.4 Å². The van der Waals surface area contributed by atoms with Crippen molar-refractivity contribution in [3.8, 4) is 0 Å². The summed E-state index contributed by atoms with van der Waals surface area (Å²) in [6.45, 7) is 0. The molecule has 1 aromatic heterocycles. The summed E-state index contributed by atoms with van der Waals surface area (Å²) in [5.74, 6) is 0.180. The van der Waals surface area contributed by atoms with Crippen LogP contribution in [0.4, 0.5) is 11.4 Å². The second-order valence-electron chi connectivity index (χ2n) is 6.22. The monoisotopic (exact) mass is 317 g/mol. The van der Waals surface area contributed by atoms with Gasteiger partial charge in [0.15, 0.2) is 9.84 Å². The first-order chi connectivity index (χ1) is 10.6. The molecule has 0 bridgehead atoms. The van der Waals surface area contributed by atoms with Gasteiger partial charge in [-0.25, -0.2) is 8.42 Å². The van der Waals surface area contributed by atoms with Gasteiger partial charge in [-0.1, -0.05) is 12.8 Å². The molecule has 0 spiro atoms. The van der Waals surface area contributed by atoms with E-state index < -0.39 is 9.84 Å². The molecule has 2 heterocycles. The van der Waals surface area contributed by atoms with Crippen molar-refractivity contribution >= 4 is 32.1 Å². The Labute approximate surface area is 129 Å². The van der Waals surface area contributed by atoms with Gasteiger partial charge in [-0.15, -0.1) is 0 Å². The molecule has 5 nitrogen and oxygen atoms in total. The lowest BCUT2D eigenvalue weighted by atomic mass is 10.0. The number of fused-ring (bicyclic) bond motifs is 3. The molecule has 6 heteroatoms. The van der Waals surface area contributed by atoms with Crippen molar-refractivity contribution in [3.05, 3.63) is 23.9 Å². The fourth-order valence-corrected chi connectivity index (χ4v) is 5.21. The van der Waals surface area contributed by atoms with Crippen molar-refractivity contribution in [1.82, 2.24) is 4.98 Å². The van der Waals surface area contributed by atoms with Crippen molar-refractivity contribution in [2.24, 2.45) is 0 Å². The lowest BCUT2D eigenvalue weighted by Gasteiger charge is -2.19. The highest BCUT2D eigenvalue weighted by atomic mass is 32.2. The molecule has 0 unspecified atom stereocenters.